The van der Waals surface area contributed by atoms with Gasteiger partial charge in [-0.1, -0.05) is 11.6 Å². The first-order valence-corrected chi connectivity index (χ1v) is 3.69. The van der Waals surface area contributed by atoms with Gasteiger partial charge in [0.15, 0.2) is 0 Å². The molecule has 0 N–H and O–H groups in total. The van der Waals surface area contributed by atoms with Crippen molar-refractivity contribution < 1.29 is 4.79 Å². The molecule has 2 nitrogen and oxygen atoms in total. The Balaban J connectivity index is 3.15. The molecule has 0 saturated carbocycles. The van der Waals surface area contributed by atoms with Gasteiger partial charge in [-0.3, -0.25) is 4.79 Å². The number of pyridine rings is 1. The number of aromatic nitrogens is 1. The summed E-state index contributed by atoms with van der Waals surface area (Å²) in [4.78, 5) is 14.4. The van der Waals surface area contributed by atoms with Gasteiger partial charge in [0.2, 0.25) is 0 Å². The first kappa shape index (κ1) is 8.50. The third-order valence-corrected chi connectivity index (χ3v) is 1.86. The molecule has 0 fully saturated rings. The zero-order chi connectivity index (χ0) is 8.43. The third-order valence-electron chi connectivity index (χ3n) is 1.24. The lowest BCUT2D eigenvalue weighted by molar-refractivity contribution is 0.108. The normalized spacial score (nSPS) is 9.73. The van der Waals surface area contributed by atoms with Gasteiger partial charge in [0.25, 0.3) is 5.24 Å². The van der Waals surface area contributed by atoms with Crippen molar-refractivity contribution in [1.29, 1.82) is 0 Å². The van der Waals surface area contributed by atoms with Gasteiger partial charge in [0.1, 0.15) is 5.15 Å². The van der Waals surface area contributed by atoms with Gasteiger partial charge in [-0.15, -0.1) is 0 Å². The van der Waals surface area contributed by atoms with Crippen LogP contribution in [0.2, 0.25) is 5.15 Å². The highest BCUT2D eigenvalue weighted by molar-refractivity contribution is 6.67. The van der Waals surface area contributed by atoms with E-state index in [1.807, 2.05) is 0 Å². The number of hydrogen-bond acceptors (Lipinski definition) is 2. The van der Waals surface area contributed by atoms with Gasteiger partial charge >= 0.3 is 0 Å². The number of halogens is 2. The summed E-state index contributed by atoms with van der Waals surface area (Å²) < 4.78 is 0. The minimum atomic E-state index is -0.516. The highest BCUT2D eigenvalue weighted by atomic mass is 35.5. The quantitative estimate of drug-likeness (QED) is 0.502. The average molecular weight is 190 g/mol. The van der Waals surface area contributed by atoms with Crippen LogP contribution in [0.15, 0.2) is 12.3 Å². The van der Waals surface area contributed by atoms with Crippen molar-refractivity contribution in [2.24, 2.45) is 0 Å². The predicted octanol–water partition coefficient (Wildman–Crippen LogP) is 2.42. The molecule has 0 radical (unpaired) electrons. The molecule has 0 unspecified atom stereocenters. The maximum Gasteiger partial charge on any atom is 0.253 e. The molecular weight excluding hydrogens is 185 g/mol. The number of hydrogen-bond donors (Lipinski definition) is 0. The smallest absolute Gasteiger partial charge is 0.253 e. The van der Waals surface area contributed by atoms with E-state index in [0.717, 1.165) is 5.56 Å². The van der Waals surface area contributed by atoms with Crippen molar-refractivity contribution in [3.05, 3.63) is 28.5 Å². The summed E-state index contributed by atoms with van der Waals surface area (Å²) >= 11 is 10.8. The van der Waals surface area contributed by atoms with Crippen molar-refractivity contribution in [2.75, 3.05) is 0 Å². The maximum absolute atomic E-state index is 10.6. The lowest BCUT2D eigenvalue weighted by Crippen LogP contribution is -1.91. The summed E-state index contributed by atoms with van der Waals surface area (Å²) in [5, 5.41) is -0.121. The highest BCUT2D eigenvalue weighted by Gasteiger charge is 2.03. The molecule has 0 aliphatic rings. The molecule has 1 rings (SSSR count). The summed E-state index contributed by atoms with van der Waals surface area (Å²) in [5.74, 6) is 0. The summed E-state index contributed by atoms with van der Waals surface area (Å²) in [5.41, 5.74) is 1.12. The molecule has 0 bridgehead atoms. The molecule has 1 heterocycles. The Kier molecular flexibility index (Phi) is 2.47. The lowest BCUT2D eigenvalue weighted by Gasteiger charge is -1.96. The second kappa shape index (κ2) is 3.20. The molecule has 0 atom stereocenters. The van der Waals surface area contributed by atoms with E-state index in [9.17, 15) is 4.79 Å². The van der Waals surface area contributed by atoms with E-state index < -0.39 is 5.24 Å². The second-order valence-electron chi connectivity index (χ2n) is 2.11. The average Bonchev–Trinajstić information content (AvgIpc) is 1.94. The molecule has 0 spiro atoms. The Hall–Kier alpha value is -0.600. The van der Waals surface area contributed by atoms with Crippen molar-refractivity contribution in [3.63, 3.8) is 0 Å². The van der Waals surface area contributed by atoms with Crippen LogP contribution >= 0.6 is 23.2 Å². The van der Waals surface area contributed by atoms with Gasteiger partial charge in [0.05, 0.1) is 5.56 Å². The summed E-state index contributed by atoms with van der Waals surface area (Å²) in [6, 6.07) is 1.60. The minimum absolute atomic E-state index is 0.369. The second-order valence-corrected chi connectivity index (χ2v) is 2.81. The van der Waals surface area contributed by atoms with E-state index in [-0.39, 0.29) is 0 Å². The van der Waals surface area contributed by atoms with Crippen LogP contribution < -0.4 is 0 Å². The topological polar surface area (TPSA) is 30.0 Å². The fourth-order valence-corrected chi connectivity index (χ4v) is 0.872. The van der Waals surface area contributed by atoms with E-state index in [2.05, 4.69) is 4.98 Å². The summed E-state index contributed by atoms with van der Waals surface area (Å²) in [6.07, 6.45) is 1.35. The fourth-order valence-electron chi connectivity index (χ4n) is 0.666. The lowest BCUT2D eigenvalue weighted by atomic mass is 10.2. The van der Waals surface area contributed by atoms with Crippen LogP contribution in [0.25, 0.3) is 0 Å². The van der Waals surface area contributed by atoms with Crippen molar-refractivity contribution >= 4 is 28.4 Å². The van der Waals surface area contributed by atoms with Gasteiger partial charge in [-0.05, 0) is 30.2 Å². The van der Waals surface area contributed by atoms with Gasteiger partial charge < -0.3 is 0 Å². The Morgan fingerprint density at radius 2 is 2.27 bits per heavy atom. The van der Waals surface area contributed by atoms with E-state index >= 15 is 0 Å². The largest absolute Gasteiger partial charge is 0.276 e. The van der Waals surface area contributed by atoms with Gasteiger partial charge in [-0.2, -0.15) is 0 Å². The van der Waals surface area contributed by atoms with Crippen LogP contribution in [-0.2, 0) is 0 Å². The Bertz CT molecular complexity index is 298. The van der Waals surface area contributed by atoms with Crippen molar-refractivity contribution in [1.82, 2.24) is 4.98 Å². The highest BCUT2D eigenvalue weighted by Crippen LogP contribution is 2.13. The van der Waals surface area contributed by atoms with Crippen LogP contribution in [0, 0.1) is 6.92 Å². The first-order valence-electron chi connectivity index (χ1n) is 2.93. The standard InChI is InChI=1S/C7H5Cl2NO/c1-4-2-5(7(9)11)3-10-6(4)8/h2-3H,1H3. The Morgan fingerprint density at radius 1 is 1.64 bits per heavy atom. The third kappa shape index (κ3) is 1.91. The van der Waals surface area contributed by atoms with E-state index in [1.54, 1.807) is 13.0 Å². The minimum Gasteiger partial charge on any atom is -0.276 e. The number of carbonyl (C=O) groups excluding carboxylic acids is 1. The molecule has 0 aliphatic heterocycles. The summed E-state index contributed by atoms with van der Waals surface area (Å²) in [6.45, 7) is 1.76. The monoisotopic (exact) mass is 189 g/mol. The Morgan fingerprint density at radius 3 is 2.73 bits per heavy atom. The number of carbonyl (C=O) groups is 1. The molecule has 1 aromatic heterocycles. The van der Waals surface area contributed by atoms with Crippen molar-refractivity contribution in [3.8, 4) is 0 Å². The number of rotatable bonds is 1. The summed E-state index contributed by atoms with van der Waals surface area (Å²) in [7, 11) is 0. The Labute approximate surface area is 74.1 Å². The molecule has 4 heteroatoms. The zero-order valence-corrected chi connectivity index (χ0v) is 7.28. The predicted molar refractivity (Wildman–Crippen MR) is 44.2 cm³/mol. The zero-order valence-electron chi connectivity index (χ0n) is 5.77. The van der Waals surface area contributed by atoms with E-state index in [0.29, 0.717) is 10.7 Å². The molecule has 0 saturated heterocycles. The van der Waals surface area contributed by atoms with Crippen LogP contribution in [0.3, 0.4) is 0 Å². The van der Waals surface area contributed by atoms with Crippen LogP contribution in [0.5, 0.6) is 0 Å². The molecule has 0 aromatic carbocycles. The fraction of sp³-hybridized carbons (Fsp3) is 0.143. The van der Waals surface area contributed by atoms with Crippen molar-refractivity contribution in [2.45, 2.75) is 6.92 Å². The number of nitrogens with zero attached hydrogens (tertiary/aromatic N) is 1. The van der Waals surface area contributed by atoms with Crippen LogP contribution in [-0.4, -0.2) is 10.2 Å². The van der Waals surface area contributed by atoms with E-state index in [4.69, 9.17) is 23.2 Å². The van der Waals surface area contributed by atoms with Gasteiger partial charge in [-0.25, -0.2) is 4.98 Å². The molecule has 1 aromatic rings. The SMILES string of the molecule is Cc1cc(C(=O)Cl)cnc1Cl. The van der Waals surface area contributed by atoms with Crippen LogP contribution in [0.1, 0.15) is 15.9 Å². The first-order chi connectivity index (χ1) is 5.11. The molecule has 11 heavy (non-hydrogen) atoms. The number of aryl methyl sites for hydroxylation is 1. The molecular formula is C7H5Cl2NO. The molecule has 58 valence electrons. The maximum atomic E-state index is 10.6. The molecule has 0 aliphatic carbocycles. The van der Waals surface area contributed by atoms with Crippen LogP contribution in [0.4, 0.5) is 0 Å². The molecule has 0 amide bonds. The van der Waals surface area contributed by atoms with Gasteiger partial charge in [0, 0.05) is 6.20 Å². The van der Waals surface area contributed by atoms with E-state index in [1.165, 1.54) is 6.20 Å².